The molecule has 0 radical (unpaired) electrons. The van der Waals surface area contributed by atoms with E-state index in [2.05, 4.69) is 27.5 Å². The Morgan fingerprint density at radius 1 is 0.852 bits per heavy atom. The number of imide groups is 1. The molecule has 61 heavy (non-hydrogen) atoms. The topological polar surface area (TPSA) is 175 Å². The Morgan fingerprint density at radius 3 is 2.31 bits per heavy atom. The first kappa shape index (κ1) is 41.7. The zero-order chi connectivity index (χ0) is 42.5. The van der Waals surface area contributed by atoms with E-state index in [-0.39, 0.29) is 36.0 Å². The first-order chi connectivity index (χ1) is 29.6. The van der Waals surface area contributed by atoms with Crippen molar-refractivity contribution in [2.24, 2.45) is 17.6 Å². The van der Waals surface area contributed by atoms with Crippen LogP contribution in [0, 0.1) is 11.8 Å². The number of Topliss-reactive ketones (excluding diaryl/α,β-unsaturated/α-hetero) is 1. The van der Waals surface area contributed by atoms with Crippen LogP contribution < -0.4 is 26.0 Å². The smallest absolute Gasteiger partial charge is 0.328 e. The Hall–Kier alpha value is -6.06. The van der Waals surface area contributed by atoms with Crippen LogP contribution in [0.25, 0.3) is 11.3 Å². The van der Waals surface area contributed by atoms with Crippen LogP contribution in [0.4, 0.5) is 16.3 Å². The van der Waals surface area contributed by atoms with Gasteiger partial charge in [-0.1, -0.05) is 30.3 Å². The van der Waals surface area contributed by atoms with Gasteiger partial charge in [-0.05, 0) is 107 Å². The van der Waals surface area contributed by atoms with E-state index in [1.165, 1.54) is 4.90 Å². The molecule has 1 atom stereocenters. The molecule has 4 aliphatic heterocycles. The number of nitrogens with one attached hydrogen (secondary N) is 2. The first-order valence-corrected chi connectivity index (χ1v) is 21.5. The van der Waals surface area contributed by atoms with Gasteiger partial charge in [-0.25, -0.2) is 9.48 Å². The first-order valence-electron chi connectivity index (χ1n) is 21.5. The van der Waals surface area contributed by atoms with E-state index in [4.69, 9.17) is 15.6 Å². The number of primary amides is 1. The number of carbonyl (C=O) groups excluding carboxylic acids is 5. The minimum Gasteiger partial charge on any atom is -0.457 e. The molecule has 5 amide bonds. The van der Waals surface area contributed by atoms with Crippen molar-refractivity contribution in [1.82, 2.24) is 29.8 Å². The molecule has 0 bridgehead atoms. The van der Waals surface area contributed by atoms with E-state index in [1.54, 1.807) is 24.3 Å². The molecule has 0 spiro atoms. The number of hydrogen-bond acceptors (Lipinski definition) is 10. The fraction of sp³-hybridized carbons (Fsp3) is 0.435. The minimum absolute atomic E-state index is 0.0752. The van der Waals surface area contributed by atoms with Crippen LogP contribution in [0.1, 0.15) is 71.7 Å². The molecular weight excluding hydrogens is 775 g/mol. The maximum Gasteiger partial charge on any atom is 0.328 e. The summed E-state index contributed by atoms with van der Waals surface area (Å²) in [4.78, 5) is 71.7. The summed E-state index contributed by atoms with van der Waals surface area (Å²) in [6.45, 7) is 6.43. The molecule has 3 fully saturated rings. The van der Waals surface area contributed by atoms with Gasteiger partial charge in [0.15, 0.2) is 5.78 Å². The number of hydrogen-bond donors (Lipinski definition) is 3. The highest BCUT2D eigenvalue weighted by atomic mass is 16.5. The molecule has 1 aromatic heterocycles. The molecule has 0 saturated carbocycles. The predicted molar refractivity (Wildman–Crippen MR) is 232 cm³/mol. The van der Waals surface area contributed by atoms with Crippen molar-refractivity contribution in [3.8, 4) is 22.8 Å². The number of urea groups is 1. The van der Waals surface area contributed by atoms with Crippen LogP contribution in [0.5, 0.6) is 11.5 Å². The Kier molecular flexibility index (Phi) is 12.8. The number of carbonyl (C=O) groups is 5. The average Bonchev–Trinajstić information content (AvgIpc) is 3.69. The normalized spacial score (nSPS) is 19.0. The van der Waals surface area contributed by atoms with Gasteiger partial charge in [-0.3, -0.25) is 29.4 Å². The van der Waals surface area contributed by atoms with Gasteiger partial charge >= 0.3 is 6.03 Å². The number of fused-ring (bicyclic) bond motifs is 1. The summed E-state index contributed by atoms with van der Waals surface area (Å²) in [5.41, 5.74) is 8.90. The summed E-state index contributed by atoms with van der Waals surface area (Å²) in [6.07, 6.45) is 4.82. The number of nitrogens with two attached hydrogens (primary N) is 1. The number of rotatable bonds is 14. The van der Waals surface area contributed by atoms with Crippen LogP contribution in [-0.2, 0) is 9.59 Å². The van der Waals surface area contributed by atoms with Crippen molar-refractivity contribution < 1.29 is 28.7 Å². The summed E-state index contributed by atoms with van der Waals surface area (Å²) in [5, 5.41) is 10.7. The van der Waals surface area contributed by atoms with Gasteiger partial charge in [-0.2, -0.15) is 5.10 Å². The van der Waals surface area contributed by atoms with Gasteiger partial charge in [0.2, 0.25) is 11.8 Å². The van der Waals surface area contributed by atoms with E-state index in [0.29, 0.717) is 79.1 Å². The number of ether oxygens (including phenoxy) is 1. The summed E-state index contributed by atoms with van der Waals surface area (Å²) >= 11 is 0. The third-order valence-corrected chi connectivity index (χ3v) is 12.7. The lowest BCUT2D eigenvalue weighted by molar-refractivity contribution is -0.133. The van der Waals surface area contributed by atoms with Gasteiger partial charge in [0, 0.05) is 81.4 Å². The van der Waals surface area contributed by atoms with Crippen LogP contribution >= 0.6 is 0 Å². The fourth-order valence-electron chi connectivity index (χ4n) is 9.18. The average molecular weight is 830 g/mol. The van der Waals surface area contributed by atoms with Crippen molar-refractivity contribution in [2.45, 2.75) is 51.0 Å². The van der Waals surface area contributed by atoms with Crippen molar-refractivity contribution >= 4 is 41.0 Å². The van der Waals surface area contributed by atoms with Gasteiger partial charge in [0.25, 0.3) is 5.91 Å². The molecule has 3 aromatic carbocycles. The monoisotopic (exact) mass is 829 g/mol. The van der Waals surface area contributed by atoms with E-state index in [9.17, 15) is 24.0 Å². The minimum atomic E-state index is -0.525. The van der Waals surface area contributed by atoms with Crippen LogP contribution in [0.3, 0.4) is 0 Å². The summed E-state index contributed by atoms with van der Waals surface area (Å²) in [6, 6.07) is 23.9. The van der Waals surface area contributed by atoms with E-state index >= 15 is 0 Å². The van der Waals surface area contributed by atoms with E-state index < -0.39 is 11.9 Å². The van der Waals surface area contributed by atoms with E-state index in [0.717, 1.165) is 69.6 Å². The highest BCUT2D eigenvalue weighted by Crippen LogP contribution is 2.40. The number of para-hydroxylation sites is 1. The third-order valence-electron chi connectivity index (χ3n) is 12.7. The number of benzene rings is 3. The number of amides is 5. The molecule has 4 aliphatic rings. The number of nitrogens with zero attached hydrogens (tertiary/aromatic N) is 6. The van der Waals surface area contributed by atoms with Gasteiger partial charge in [0.05, 0.1) is 6.04 Å². The maximum absolute atomic E-state index is 13.4. The number of aromatic nitrogens is 2. The number of likely N-dealkylation sites (tertiary alicyclic amines) is 2. The molecule has 4 aromatic rings. The summed E-state index contributed by atoms with van der Waals surface area (Å²) in [5.74, 6) is 1.77. The molecule has 15 nitrogen and oxygen atoms in total. The number of ketones is 1. The molecule has 0 unspecified atom stereocenters. The molecular formula is C46H55N9O6. The Balaban J connectivity index is 0.775. The summed E-state index contributed by atoms with van der Waals surface area (Å²) in [7, 11) is 2.06. The standard InChI is InChI=1S/C46H55N9O6/c1-51(28-29-52-23-15-33(16-24-52)43(58)34-6-5-7-35(30-34)54-27-19-39(56)49-46(54)60)22-20-40(57)53-25-17-31(18-26-53)38-14-21-48-45-41(44(47)59)42(50-55(38)45)32-10-12-37(13-11-32)61-36-8-3-2-4-9-36/h2-13,30-31,33,38,48H,14-29H2,1H3,(H2,47,59)(H,49,56,60)/t38-/m0/s1. The maximum atomic E-state index is 13.4. The Bertz CT molecular complexity index is 2230. The molecule has 320 valence electrons. The second-order valence-electron chi connectivity index (χ2n) is 16.7. The lowest BCUT2D eigenvalue weighted by atomic mass is 9.86. The number of piperidine rings is 2. The molecule has 0 aliphatic carbocycles. The zero-order valence-corrected chi connectivity index (χ0v) is 34.8. The van der Waals surface area contributed by atoms with Gasteiger partial charge in [0.1, 0.15) is 28.6 Å². The summed E-state index contributed by atoms with van der Waals surface area (Å²) < 4.78 is 7.93. The van der Waals surface area contributed by atoms with Crippen molar-refractivity contribution in [1.29, 1.82) is 0 Å². The van der Waals surface area contributed by atoms with Crippen LogP contribution in [0.15, 0.2) is 78.9 Å². The molecule has 3 saturated heterocycles. The Labute approximate surface area is 356 Å². The van der Waals surface area contributed by atoms with Gasteiger partial charge in [-0.15, -0.1) is 0 Å². The Morgan fingerprint density at radius 2 is 1.59 bits per heavy atom. The van der Waals surface area contributed by atoms with E-state index in [1.807, 2.05) is 64.2 Å². The van der Waals surface area contributed by atoms with Crippen LogP contribution in [0.2, 0.25) is 0 Å². The number of likely N-dealkylation sites (N-methyl/N-ethyl adjacent to an activating group) is 1. The molecule has 5 heterocycles. The molecule has 8 rings (SSSR count). The lowest BCUT2D eigenvalue weighted by Gasteiger charge is -2.38. The fourth-order valence-corrected chi connectivity index (χ4v) is 9.18. The molecule has 15 heteroatoms. The SMILES string of the molecule is CN(CCC(=O)N1CCC([C@@H]2CCNc3c(C(N)=O)c(-c4ccc(Oc5ccccc5)cc4)nn32)CC1)CCN1CCC(C(=O)c2cccc(N3CCC(=O)NC3=O)c2)CC1. The third kappa shape index (κ3) is 9.63. The number of anilines is 2. The largest absolute Gasteiger partial charge is 0.457 e. The highest BCUT2D eigenvalue weighted by Gasteiger charge is 2.36. The van der Waals surface area contributed by atoms with Crippen molar-refractivity contribution in [3.63, 3.8) is 0 Å². The predicted octanol–water partition coefficient (Wildman–Crippen LogP) is 5.40. The van der Waals surface area contributed by atoms with Gasteiger partial charge < -0.3 is 30.5 Å². The lowest BCUT2D eigenvalue weighted by Crippen LogP contribution is -2.49. The quantitative estimate of drug-likeness (QED) is 0.140. The zero-order valence-electron chi connectivity index (χ0n) is 34.8. The van der Waals surface area contributed by atoms with Crippen molar-refractivity contribution in [3.05, 3.63) is 90.0 Å². The molecule has 4 N–H and O–H groups in total. The van der Waals surface area contributed by atoms with Crippen LogP contribution in [-0.4, -0.2) is 120 Å². The highest BCUT2D eigenvalue weighted by molar-refractivity contribution is 6.07. The van der Waals surface area contributed by atoms with Crippen molar-refractivity contribution in [2.75, 3.05) is 76.2 Å². The second kappa shape index (κ2) is 18.7. The second-order valence-corrected chi connectivity index (χ2v) is 16.7.